The first-order valence-corrected chi connectivity index (χ1v) is 10.3. The lowest BCUT2D eigenvalue weighted by atomic mass is 9.92. The van der Waals surface area contributed by atoms with Crippen molar-refractivity contribution in [1.82, 2.24) is 9.88 Å². The van der Waals surface area contributed by atoms with Crippen LogP contribution in [0.3, 0.4) is 0 Å². The van der Waals surface area contributed by atoms with Crippen molar-refractivity contribution >= 4 is 16.6 Å². The van der Waals surface area contributed by atoms with Gasteiger partial charge in [-0.2, -0.15) is 0 Å². The third-order valence-corrected chi connectivity index (χ3v) is 5.81. The molecule has 27 heavy (non-hydrogen) atoms. The average Bonchev–Trinajstić information content (AvgIpc) is 2.67. The minimum Gasteiger partial charge on any atom is -0.493 e. The van der Waals surface area contributed by atoms with Gasteiger partial charge in [0.15, 0.2) is 11.5 Å². The molecule has 146 valence electrons. The Morgan fingerprint density at radius 3 is 2.74 bits per heavy atom. The van der Waals surface area contributed by atoms with Crippen LogP contribution in [0.25, 0.3) is 10.9 Å². The van der Waals surface area contributed by atoms with E-state index in [-0.39, 0.29) is 0 Å². The summed E-state index contributed by atoms with van der Waals surface area (Å²) < 4.78 is 11.7. The van der Waals surface area contributed by atoms with Gasteiger partial charge in [0.25, 0.3) is 0 Å². The van der Waals surface area contributed by atoms with E-state index in [0.717, 1.165) is 54.1 Å². The number of aryl methyl sites for hydroxylation is 1. The number of hydrogen-bond acceptors (Lipinski definition) is 5. The quantitative estimate of drug-likeness (QED) is 0.751. The number of ether oxygens (including phenoxy) is 2. The Morgan fingerprint density at radius 2 is 2.00 bits per heavy atom. The van der Waals surface area contributed by atoms with Crippen LogP contribution in [-0.4, -0.2) is 50.3 Å². The Kier molecular flexibility index (Phi) is 5.39. The zero-order valence-corrected chi connectivity index (χ0v) is 16.8. The summed E-state index contributed by atoms with van der Waals surface area (Å²) in [6.07, 6.45) is 5.67. The van der Waals surface area contributed by atoms with E-state index < -0.39 is 0 Å². The summed E-state index contributed by atoms with van der Waals surface area (Å²) in [6.45, 7) is 6.56. The van der Waals surface area contributed by atoms with Gasteiger partial charge in [-0.1, -0.05) is 6.92 Å². The topological polar surface area (TPSA) is 46.6 Å². The molecule has 1 aliphatic heterocycles. The molecule has 5 heteroatoms. The largest absolute Gasteiger partial charge is 0.493 e. The van der Waals surface area contributed by atoms with Crippen LogP contribution in [0.5, 0.6) is 11.5 Å². The Bertz CT molecular complexity index is 815. The van der Waals surface area contributed by atoms with E-state index in [1.165, 1.54) is 42.9 Å². The smallest absolute Gasteiger partial charge is 0.163 e. The van der Waals surface area contributed by atoms with E-state index in [0.29, 0.717) is 6.61 Å². The number of hydrogen-bond donors (Lipinski definition) is 1. The van der Waals surface area contributed by atoms with Gasteiger partial charge in [0.2, 0.25) is 0 Å². The molecule has 1 N–H and O–H groups in total. The van der Waals surface area contributed by atoms with Gasteiger partial charge in [-0.15, -0.1) is 0 Å². The van der Waals surface area contributed by atoms with E-state index in [1.54, 1.807) is 7.11 Å². The van der Waals surface area contributed by atoms with E-state index in [4.69, 9.17) is 14.5 Å². The molecule has 4 rings (SSSR count). The Balaban J connectivity index is 1.55. The number of fused-ring (bicyclic) bond motifs is 2. The number of benzene rings is 1. The molecule has 0 bridgehead atoms. The summed E-state index contributed by atoms with van der Waals surface area (Å²) >= 11 is 0. The summed E-state index contributed by atoms with van der Waals surface area (Å²) in [4.78, 5) is 7.45. The molecule has 0 atom stereocenters. The Labute approximate surface area is 162 Å². The second-order valence-electron chi connectivity index (χ2n) is 7.96. The molecule has 2 aromatic rings. The summed E-state index contributed by atoms with van der Waals surface area (Å²) in [7, 11) is 3.71. The van der Waals surface area contributed by atoms with Crippen LogP contribution >= 0.6 is 0 Å². The van der Waals surface area contributed by atoms with Crippen LogP contribution in [0.4, 0.5) is 5.69 Å². The van der Waals surface area contributed by atoms with Crippen LogP contribution in [0.2, 0.25) is 0 Å². The van der Waals surface area contributed by atoms with Crippen molar-refractivity contribution in [1.29, 1.82) is 0 Å². The molecule has 1 aromatic heterocycles. The first-order chi connectivity index (χ1) is 13.2. The fourth-order valence-corrected chi connectivity index (χ4v) is 4.47. The van der Waals surface area contributed by atoms with E-state index >= 15 is 0 Å². The average molecular weight is 370 g/mol. The predicted octanol–water partition coefficient (Wildman–Crippen LogP) is 3.88. The van der Waals surface area contributed by atoms with E-state index in [2.05, 4.69) is 29.3 Å². The van der Waals surface area contributed by atoms with Crippen molar-refractivity contribution in [2.75, 3.05) is 45.7 Å². The highest BCUT2D eigenvalue weighted by atomic mass is 16.5. The maximum atomic E-state index is 6.09. The highest BCUT2D eigenvalue weighted by Gasteiger charge is 2.22. The predicted molar refractivity (Wildman–Crippen MR) is 110 cm³/mol. The standard InChI is InChI=1S/C22H31N3O2/c1-15-13-25(14-15)9-6-10-27-21-12-19-17(11-20(21)26-3)22(23-2)16-7-4-5-8-18(16)24-19/h11-12,15H,4-10,13-14H2,1-3H3,(H,23,24). The molecular formula is C22H31N3O2. The Hall–Kier alpha value is -2.01. The van der Waals surface area contributed by atoms with Gasteiger partial charge in [-0.05, 0) is 49.7 Å². The van der Waals surface area contributed by atoms with Crippen molar-refractivity contribution < 1.29 is 9.47 Å². The molecule has 5 nitrogen and oxygen atoms in total. The van der Waals surface area contributed by atoms with E-state index in [1.807, 2.05) is 7.05 Å². The minimum atomic E-state index is 0.705. The SMILES string of the molecule is CNc1c2c(nc3cc(OCCCN4CC(C)C4)c(OC)cc13)CCCC2. The zero-order chi connectivity index (χ0) is 18.8. The van der Waals surface area contributed by atoms with Crippen molar-refractivity contribution in [3.05, 3.63) is 23.4 Å². The lowest BCUT2D eigenvalue weighted by Gasteiger charge is -2.37. The molecule has 1 aliphatic carbocycles. The fourth-order valence-electron chi connectivity index (χ4n) is 4.47. The normalized spacial score (nSPS) is 17.4. The van der Waals surface area contributed by atoms with Crippen LogP contribution < -0.4 is 14.8 Å². The van der Waals surface area contributed by atoms with Crippen molar-refractivity contribution in [3.8, 4) is 11.5 Å². The van der Waals surface area contributed by atoms with Crippen molar-refractivity contribution in [2.45, 2.75) is 39.0 Å². The summed E-state index contributed by atoms with van der Waals surface area (Å²) in [5, 5.41) is 4.53. The first kappa shape index (κ1) is 18.4. The van der Waals surface area contributed by atoms with Crippen LogP contribution in [-0.2, 0) is 12.8 Å². The molecule has 0 amide bonds. The third kappa shape index (κ3) is 3.70. The van der Waals surface area contributed by atoms with Crippen LogP contribution in [0.15, 0.2) is 12.1 Å². The number of nitrogens with one attached hydrogen (secondary N) is 1. The maximum absolute atomic E-state index is 6.09. The summed E-state index contributed by atoms with van der Waals surface area (Å²) in [6, 6.07) is 4.13. The molecule has 0 unspecified atom stereocenters. The highest BCUT2D eigenvalue weighted by Crippen LogP contribution is 2.39. The minimum absolute atomic E-state index is 0.705. The van der Waals surface area contributed by atoms with Gasteiger partial charge < -0.3 is 19.7 Å². The lowest BCUT2D eigenvalue weighted by Crippen LogP contribution is -2.45. The molecule has 1 fully saturated rings. The molecule has 1 aromatic carbocycles. The van der Waals surface area contributed by atoms with Crippen LogP contribution in [0.1, 0.15) is 37.4 Å². The van der Waals surface area contributed by atoms with Crippen molar-refractivity contribution in [3.63, 3.8) is 0 Å². The molecule has 0 radical (unpaired) electrons. The number of methoxy groups -OCH3 is 1. The molecule has 1 saturated heterocycles. The van der Waals surface area contributed by atoms with Gasteiger partial charge in [0.1, 0.15) is 0 Å². The molecule has 0 spiro atoms. The lowest BCUT2D eigenvalue weighted by molar-refractivity contribution is 0.105. The van der Waals surface area contributed by atoms with Gasteiger partial charge in [-0.3, -0.25) is 4.98 Å². The summed E-state index contributed by atoms with van der Waals surface area (Å²) in [5.74, 6) is 2.44. The second kappa shape index (κ2) is 7.93. The van der Waals surface area contributed by atoms with Gasteiger partial charge >= 0.3 is 0 Å². The highest BCUT2D eigenvalue weighted by molar-refractivity contribution is 5.95. The summed E-state index contributed by atoms with van der Waals surface area (Å²) in [5.41, 5.74) is 4.80. The number of likely N-dealkylation sites (tertiary alicyclic amines) is 1. The van der Waals surface area contributed by atoms with E-state index in [9.17, 15) is 0 Å². The second-order valence-corrected chi connectivity index (χ2v) is 7.96. The Morgan fingerprint density at radius 1 is 1.19 bits per heavy atom. The third-order valence-electron chi connectivity index (χ3n) is 5.81. The first-order valence-electron chi connectivity index (χ1n) is 10.3. The number of nitrogens with zero attached hydrogens (tertiary/aromatic N) is 2. The monoisotopic (exact) mass is 369 g/mol. The van der Waals surface area contributed by atoms with Crippen molar-refractivity contribution in [2.24, 2.45) is 5.92 Å². The number of anilines is 1. The molecule has 2 heterocycles. The fraction of sp³-hybridized carbons (Fsp3) is 0.591. The molecule has 2 aliphatic rings. The maximum Gasteiger partial charge on any atom is 0.163 e. The van der Waals surface area contributed by atoms with Gasteiger partial charge in [0, 0.05) is 49.5 Å². The van der Waals surface area contributed by atoms with Gasteiger partial charge in [0.05, 0.1) is 19.2 Å². The number of pyridine rings is 1. The number of aromatic nitrogens is 1. The number of rotatable bonds is 7. The molecule has 0 saturated carbocycles. The molecular weight excluding hydrogens is 338 g/mol. The van der Waals surface area contributed by atoms with Crippen LogP contribution in [0, 0.1) is 5.92 Å². The zero-order valence-electron chi connectivity index (χ0n) is 16.8. The van der Waals surface area contributed by atoms with Gasteiger partial charge in [-0.25, -0.2) is 0 Å².